The average molecular weight is 266 g/mol. The Hall–Kier alpha value is -1.96. The molecule has 7 nitrogen and oxygen atoms in total. The quantitative estimate of drug-likeness (QED) is 0.632. The number of amides is 1. The van der Waals surface area contributed by atoms with Crippen molar-refractivity contribution in [2.45, 2.75) is 11.8 Å². The van der Waals surface area contributed by atoms with Crippen molar-refractivity contribution < 1.29 is 9.72 Å². The zero-order valence-corrected chi connectivity index (χ0v) is 10.1. The van der Waals surface area contributed by atoms with Gasteiger partial charge in [-0.3, -0.25) is 24.9 Å². The molecular formula is C10H10N4O3S. The van der Waals surface area contributed by atoms with E-state index in [9.17, 15) is 14.9 Å². The van der Waals surface area contributed by atoms with Crippen molar-refractivity contribution in [2.75, 3.05) is 6.54 Å². The largest absolute Gasteiger partial charge is 0.305 e. The smallest absolute Gasteiger partial charge is 0.284 e. The standard InChI is InChI=1S/C10H10N4O3S/c15-8(4-7-2-1-3-11-5-7)13-10-12-6-9(18-10)14(16)17/h1-3,5,9H,4,6H2,(H,12,13,15). The van der Waals surface area contributed by atoms with E-state index in [1.54, 1.807) is 24.5 Å². The molecule has 1 atom stereocenters. The first-order valence-electron chi connectivity index (χ1n) is 5.18. The first kappa shape index (κ1) is 12.5. The summed E-state index contributed by atoms with van der Waals surface area (Å²) >= 11 is 0.961. The molecule has 1 amide bonds. The molecule has 0 fully saturated rings. The lowest BCUT2D eigenvalue weighted by atomic mass is 10.2. The van der Waals surface area contributed by atoms with Crippen LogP contribution in [0.5, 0.6) is 0 Å². The van der Waals surface area contributed by atoms with Crippen LogP contribution in [0, 0.1) is 10.1 Å². The van der Waals surface area contributed by atoms with Crippen molar-refractivity contribution in [2.24, 2.45) is 4.99 Å². The minimum absolute atomic E-state index is 0.0974. The molecule has 1 aliphatic rings. The molecule has 1 unspecified atom stereocenters. The third kappa shape index (κ3) is 3.27. The second-order valence-corrected chi connectivity index (χ2v) is 4.76. The van der Waals surface area contributed by atoms with E-state index < -0.39 is 10.3 Å². The maximum absolute atomic E-state index is 11.6. The highest BCUT2D eigenvalue weighted by Gasteiger charge is 2.29. The number of amidine groups is 1. The molecule has 1 aromatic heterocycles. The second kappa shape index (κ2) is 5.58. The Morgan fingerprint density at radius 3 is 3.11 bits per heavy atom. The summed E-state index contributed by atoms with van der Waals surface area (Å²) in [6.07, 6.45) is 3.40. The Bertz CT molecular complexity index is 491. The van der Waals surface area contributed by atoms with Crippen LogP contribution in [0.15, 0.2) is 29.5 Å². The highest BCUT2D eigenvalue weighted by molar-refractivity contribution is 8.14. The summed E-state index contributed by atoms with van der Waals surface area (Å²) in [5.74, 6) is -0.252. The molecule has 18 heavy (non-hydrogen) atoms. The van der Waals surface area contributed by atoms with Crippen molar-refractivity contribution in [3.8, 4) is 0 Å². The molecule has 2 heterocycles. The lowest BCUT2D eigenvalue weighted by Crippen LogP contribution is -2.29. The van der Waals surface area contributed by atoms with Gasteiger partial charge in [0.2, 0.25) is 5.91 Å². The van der Waals surface area contributed by atoms with Crippen molar-refractivity contribution in [3.05, 3.63) is 40.2 Å². The van der Waals surface area contributed by atoms with Gasteiger partial charge in [0.15, 0.2) is 5.17 Å². The molecule has 8 heteroatoms. The number of aliphatic imine (C=N–C) groups is 1. The molecule has 94 valence electrons. The molecular weight excluding hydrogens is 256 g/mol. The van der Waals surface area contributed by atoms with E-state index in [2.05, 4.69) is 15.3 Å². The van der Waals surface area contributed by atoms with Crippen LogP contribution in [-0.2, 0) is 11.2 Å². The van der Waals surface area contributed by atoms with Crippen LogP contribution >= 0.6 is 11.8 Å². The monoisotopic (exact) mass is 266 g/mol. The van der Waals surface area contributed by atoms with E-state index in [1.807, 2.05) is 0 Å². The minimum Gasteiger partial charge on any atom is -0.305 e. The summed E-state index contributed by atoms with van der Waals surface area (Å²) in [5, 5.41) is 12.6. The summed E-state index contributed by atoms with van der Waals surface area (Å²) in [6.45, 7) is 0.0974. The van der Waals surface area contributed by atoms with Crippen molar-refractivity contribution >= 4 is 22.8 Å². The number of hydrogen-bond acceptors (Lipinski definition) is 6. The fraction of sp³-hybridized carbons (Fsp3) is 0.300. The summed E-state index contributed by atoms with van der Waals surface area (Å²) in [6, 6.07) is 3.53. The van der Waals surface area contributed by atoms with E-state index in [1.165, 1.54) is 0 Å². The number of rotatable bonds is 3. The number of thioether (sulfide) groups is 1. The number of hydrogen-bond donors (Lipinski definition) is 1. The fourth-order valence-electron chi connectivity index (χ4n) is 1.39. The molecule has 0 saturated carbocycles. The molecule has 0 aliphatic carbocycles. The van der Waals surface area contributed by atoms with Crippen LogP contribution in [0.2, 0.25) is 0 Å². The van der Waals surface area contributed by atoms with E-state index >= 15 is 0 Å². The first-order valence-corrected chi connectivity index (χ1v) is 6.06. The molecule has 0 saturated heterocycles. The van der Waals surface area contributed by atoms with Gasteiger partial charge >= 0.3 is 0 Å². The molecule has 1 N–H and O–H groups in total. The highest BCUT2D eigenvalue weighted by Crippen LogP contribution is 2.19. The number of pyridine rings is 1. The SMILES string of the molecule is O=C(Cc1cccnc1)NC1=NCC([N+](=O)[O-])S1. The van der Waals surface area contributed by atoms with Gasteiger partial charge in [0.05, 0.1) is 6.42 Å². The van der Waals surface area contributed by atoms with Crippen LogP contribution in [0.1, 0.15) is 5.56 Å². The van der Waals surface area contributed by atoms with Gasteiger partial charge in [-0.15, -0.1) is 0 Å². The average Bonchev–Trinajstić information content (AvgIpc) is 2.78. The maximum atomic E-state index is 11.6. The number of nitrogens with one attached hydrogen (secondary N) is 1. The van der Waals surface area contributed by atoms with Gasteiger partial charge in [0.25, 0.3) is 5.37 Å². The third-order valence-electron chi connectivity index (χ3n) is 2.21. The van der Waals surface area contributed by atoms with E-state index in [-0.39, 0.29) is 18.9 Å². The van der Waals surface area contributed by atoms with E-state index in [4.69, 9.17) is 0 Å². The lowest BCUT2D eigenvalue weighted by Gasteiger charge is -2.03. The van der Waals surface area contributed by atoms with E-state index in [0.717, 1.165) is 17.3 Å². The van der Waals surface area contributed by atoms with Crippen molar-refractivity contribution in [1.29, 1.82) is 0 Å². The Labute approximate surface area is 107 Å². The van der Waals surface area contributed by atoms with Gasteiger partial charge in [0, 0.05) is 17.3 Å². The Balaban J connectivity index is 1.84. The van der Waals surface area contributed by atoms with E-state index in [0.29, 0.717) is 5.17 Å². The second-order valence-electron chi connectivity index (χ2n) is 3.59. The maximum Gasteiger partial charge on any atom is 0.284 e. The zero-order chi connectivity index (χ0) is 13.0. The topological polar surface area (TPSA) is 97.5 Å². The van der Waals surface area contributed by atoms with Gasteiger partial charge in [0.1, 0.15) is 6.54 Å². The predicted molar refractivity (Wildman–Crippen MR) is 66.8 cm³/mol. The number of carbonyl (C=O) groups is 1. The van der Waals surface area contributed by atoms with Gasteiger partial charge < -0.3 is 5.32 Å². The molecule has 1 aliphatic heterocycles. The first-order chi connectivity index (χ1) is 8.65. The lowest BCUT2D eigenvalue weighted by molar-refractivity contribution is -0.491. The third-order valence-corrected chi connectivity index (χ3v) is 3.26. The van der Waals surface area contributed by atoms with Crippen LogP contribution in [-0.4, -0.2) is 32.9 Å². The number of nitrogens with zero attached hydrogens (tertiary/aromatic N) is 3. The molecule has 0 aromatic carbocycles. The Morgan fingerprint density at radius 2 is 2.50 bits per heavy atom. The van der Waals surface area contributed by atoms with Gasteiger partial charge in [-0.05, 0) is 23.4 Å². The summed E-state index contributed by atoms with van der Waals surface area (Å²) < 4.78 is 0. The number of carbonyl (C=O) groups excluding carboxylic acids is 1. The van der Waals surface area contributed by atoms with Crippen LogP contribution in [0.3, 0.4) is 0 Å². The predicted octanol–water partition coefficient (Wildman–Crippen LogP) is 0.446. The van der Waals surface area contributed by atoms with Gasteiger partial charge in [-0.2, -0.15) is 0 Å². The van der Waals surface area contributed by atoms with Crippen molar-refractivity contribution in [3.63, 3.8) is 0 Å². The Morgan fingerprint density at radius 1 is 1.67 bits per heavy atom. The highest BCUT2D eigenvalue weighted by atomic mass is 32.2. The summed E-state index contributed by atoms with van der Waals surface area (Å²) in [7, 11) is 0. The molecule has 1 aromatic rings. The van der Waals surface area contributed by atoms with Crippen LogP contribution in [0.4, 0.5) is 0 Å². The molecule has 0 radical (unpaired) electrons. The molecule has 0 spiro atoms. The van der Waals surface area contributed by atoms with Gasteiger partial charge in [-0.1, -0.05) is 6.07 Å². The normalized spacial score (nSPS) is 18.2. The van der Waals surface area contributed by atoms with Crippen molar-refractivity contribution in [1.82, 2.24) is 10.3 Å². The van der Waals surface area contributed by atoms with Gasteiger partial charge in [-0.25, -0.2) is 0 Å². The Kier molecular flexibility index (Phi) is 3.88. The summed E-state index contributed by atoms with van der Waals surface area (Å²) in [4.78, 5) is 29.6. The zero-order valence-electron chi connectivity index (χ0n) is 9.28. The number of nitro groups is 1. The summed E-state index contributed by atoms with van der Waals surface area (Å²) in [5.41, 5.74) is 0.782. The number of aromatic nitrogens is 1. The molecule has 2 rings (SSSR count). The van der Waals surface area contributed by atoms with Crippen LogP contribution < -0.4 is 5.32 Å². The molecule has 0 bridgehead atoms. The fourth-order valence-corrected chi connectivity index (χ4v) is 2.21. The van der Waals surface area contributed by atoms with Crippen LogP contribution in [0.25, 0.3) is 0 Å². The minimum atomic E-state index is -0.793.